The molecule has 5 atom stereocenters. The van der Waals surface area contributed by atoms with Gasteiger partial charge in [-0.3, -0.25) is 4.79 Å². The molecule has 0 heterocycles. The van der Waals surface area contributed by atoms with E-state index in [1.165, 1.54) is 0 Å². The summed E-state index contributed by atoms with van der Waals surface area (Å²) in [6.45, 7) is 3.88. The van der Waals surface area contributed by atoms with Crippen LogP contribution in [-0.2, 0) is 4.79 Å². The zero-order valence-electron chi connectivity index (χ0n) is 10.2. The van der Waals surface area contributed by atoms with E-state index in [-0.39, 0.29) is 11.8 Å². The van der Waals surface area contributed by atoms with Crippen molar-refractivity contribution in [1.82, 2.24) is 0 Å². The Kier molecular flexibility index (Phi) is 2.78. The molecule has 0 unspecified atom stereocenters. The molecule has 0 saturated heterocycles. The highest BCUT2D eigenvalue weighted by atomic mass is 16.1. The van der Waals surface area contributed by atoms with Gasteiger partial charge in [0.2, 0.25) is 0 Å². The van der Waals surface area contributed by atoms with Gasteiger partial charge < -0.3 is 0 Å². The monoisotopic (exact) mass is 228 g/mol. The number of hydrogen-bond donors (Lipinski definition) is 0. The van der Waals surface area contributed by atoms with Crippen LogP contribution in [-0.4, -0.2) is 5.78 Å². The topological polar surface area (TPSA) is 17.1 Å². The normalized spacial score (nSPS) is 44.0. The maximum absolute atomic E-state index is 12.6. The van der Waals surface area contributed by atoms with Gasteiger partial charge in [-0.2, -0.15) is 0 Å². The molecule has 0 aromatic heterocycles. The standard InChI is InChI=1S/C16H20O/c1-2-11-9-13-8-7-12-5-3-4-6-14(12)16(17)15(13)10-11/h2-4,7-8,11-15H,1,5-6,9-10H2/t11-,12-,13+,14-,15-/m0/s1. The third kappa shape index (κ3) is 1.82. The lowest BCUT2D eigenvalue weighted by molar-refractivity contribution is -0.128. The van der Waals surface area contributed by atoms with Gasteiger partial charge in [0.15, 0.2) is 0 Å². The molecule has 90 valence electrons. The molecule has 1 fully saturated rings. The smallest absolute Gasteiger partial charge is 0.140 e. The van der Waals surface area contributed by atoms with E-state index in [1.807, 2.05) is 6.08 Å². The minimum absolute atomic E-state index is 0.259. The average Bonchev–Trinajstić information content (AvgIpc) is 2.74. The van der Waals surface area contributed by atoms with Crippen molar-refractivity contribution in [3.63, 3.8) is 0 Å². The lowest BCUT2D eigenvalue weighted by atomic mass is 9.77. The van der Waals surface area contributed by atoms with Gasteiger partial charge in [-0.15, -0.1) is 6.58 Å². The molecular formula is C16H20O. The lowest BCUT2D eigenvalue weighted by Crippen LogP contribution is -2.29. The second kappa shape index (κ2) is 4.29. The van der Waals surface area contributed by atoms with E-state index in [4.69, 9.17) is 0 Å². The summed E-state index contributed by atoms with van der Waals surface area (Å²) in [5, 5.41) is 0. The van der Waals surface area contributed by atoms with Crippen molar-refractivity contribution in [3.05, 3.63) is 37.0 Å². The molecule has 3 rings (SSSR count). The van der Waals surface area contributed by atoms with Crippen molar-refractivity contribution in [1.29, 1.82) is 0 Å². The Morgan fingerprint density at radius 3 is 2.65 bits per heavy atom. The fourth-order valence-electron chi connectivity index (χ4n) is 3.78. The van der Waals surface area contributed by atoms with Gasteiger partial charge in [-0.1, -0.05) is 30.4 Å². The first kappa shape index (κ1) is 11.0. The van der Waals surface area contributed by atoms with Gasteiger partial charge in [0.1, 0.15) is 5.78 Å². The number of hydrogen-bond acceptors (Lipinski definition) is 1. The molecule has 3 aliphatic rings. The summed E-state index contributed by atoms with van der Waals surface area (Å²) in [7, 11) is 0. The van der Waals surface area contributed by atoms with E-state index >= 15 is 0 Å². The molecule has 1 saturated carbocycles. The summed E-state index contributed by atoms with van der Waals surface area (Å²) in [5.74, 6) is 2.56. The van der Waals surface area contributed by atoms with Crippen molar-refractivity contribution < 1.29 is 4.79 Å². The van der Waals surface area contributed by atoms with Crippen LogP contribution in [0.5, 0.6) is 0 Å². The highest BCUT2D eigenvalue weighted by Crippen LogP contribution is 2.44. The summed E-state index contributed by atoms with van der Waals surface area (Å²) in [4.78, 5) is 12.6. The van der Waals surface area contributed by atoms with E-state index in [0.29, 0.717) is 23.5 Å². The molecule has 17 heavy (non-hydrogen) atoms. The number of Topliss-reactive ketones (excluding diaryl/α,β-unsaturated/α-hetero) is 1. The van der Waals surface area contributed by atoms with Crippen molar-refractivity contribution in [3.8, 4) is 0 Å². The average molecular weight is 228 g/mol. The van der Waals surface area contributed by atoms with Gasteiger partial charge in [-0.05, 0) is 43.4 Å². The van der Waals surface area contributed by atoms with E-state index < -0.39 is 0 Å². The first-order valence-electron chi connectivity index (χ1n) is 6.79. The fraction of sp³-hybridized carbons (Fsp3) is 0.562. The van der Waals surface area contributed by atoms with Crippen LogP contribution in [0, 0.1) is 29.6 Å². The molecule has 0 aliphatic heterocycles. The Labute approximate surface area is 103 Å². The maximum Gasteiger partial charge on any atom is 0.140 e. The minimum Gasteiger partial charge on any atom is -0.299 e. The third-order valence-corrected chi connectivity index (χ3v) is 4.80. The largest absolute Gasteiger partial charge is 0.299 e. The van der Waals surface area contributed by atoms with Crippen molar-refractivity contribution in [2.24, 2.45) is 29.6 Å². The maximum atomic E-state index is 12.6. The number of rotatable bonds is 1. The van der Waals surface area contributed by atoms with E-state index in [0.717, 1.165) is 25.7 Å². The molecule has 0 N–H and O–H groups in total. The van der Waals surface area contributed by atoms with Crippen molar-refractivity contribution in [2.75, 3.05) is 0 Å². The van der Waals surface area contributed by atoms with Crippen LogP contribution in [0.2, 0.25) is 0 Å². The molecule has 0 radical (unpaired) electrons. The second-order valence-corrected chi connectivity index (χ2v) is 5.74. The Balaban J connectivity index is 1.87. The molecular weight excluding hydrogens is 208 g/mol. The van der Waals surface area contributed by atoms with Crippen LogP contribution in [0.15, 0.2) is 37.0 Å². The molecule has 0 spiro atoms. The highest BCUT2D eigenvalue weighted by molar-refractivity contribution is 5.85. The summed E-state index contributed by atoms with van der Waals surface area (Å²) in [5.41, 5.74) is 0. The third-order valence-electron chi connectivity index (χ3n) is 4.80. The Hall–Kier alpha value is -1.11. The Morgan fingerprint density at radius 2 is 1.82 bits per heavy atom. The highest BCUT2D eigenvalue weighted by Gasteiger charge is 2.42. The Bertz CT molecular complexity index is 390. The summed E-state index contributed by atoms with van der Waals surface area (Å²) >= 11 is 0. The van der Waals surface area contributed by atoms with E-state index in [2.05, 4.69) is 30.9 Å². The van der Waals surface area contributed by atoms with E-state index in [9.17, 15) is 4.79 Å². The zero-order valence-corrected chi connectivity index (χ0v) is 10.2. The van der Waals surface area contributed by atoms with Crippen LogP contribution in [0.25, 0.3) is 0 Å². The number of ketones is 1. The summed E-state index contributed by atoms with van der Waals surface area (Å²) < 4.78 is 0. The molecule has 3 aliphatic carbocycles. The quantitative estimate of drug-likeness (QED) is 0.627. The van der Waals surface area contributed by atoms with Crippen LogP contribution in [0.1, 0.15) is 25.7 Å². The van der Waals surface area contributed by atoms with Crippen LogP contribution >= 0.6 is 0 Å². The number of fused-ring (bicyclic) bond motifs is 2. The van der Waals surface area contributed by atoms with Gasteiger partial charge in [0, 0.05) is 11.8 Å². The van der Waals surface area contributed by atoms with Gasteiger partial charge in [-0.25, -0.2) is 0 Å². The molecule has 1 heteroatoms. The number of allylic oxidation sites excluding steroid dienone is 5. The predicted octanol–water partition coefficient (Wildman–Crippen LogP) is 3.54. The minimum atomic E-state index is 0.259. The van der Waals surface area contributed by atoms with Gasteiger partial charge in [0.05, 0.1) is 0 Å². The molecule has 0 aromatic carbocycles. The van der Waals surface area contributed by atoms with Crippen molar-refractivity contribution in [2.45, 2.75) is 25.7 Å². The molecule has 0 aromatic rings. The Morgan fingerprint density at radius 1 is 1.06 bits per heavy atom. The fourth-order valence-corrected chi connectivity index (χ4v) is 3.78. The second-order valence-electron chi connectivity index (χ2n) is 5.74. The molecule has 0 amide bonds. The zero-order chi connectivity index (χ0) is 11.8. The first-order chi connectivity index (χ1) is 8.29. The number of carbonyl (C=O) groups is 1. The molecule has 1 nitrogen and oxygen atoms in total. The number of carbonyl (C=O) groups excluding carboxylic acids is 1. The molecule has 0 bridgehead atoms. The SMILES string of the molecule is C=C[C@H]1C[C@H]2C=C[C@@H]3CC=CC[C@@H]3C(=O)[C@H]2C1. The van der Waals surface area contributed by atoms with Crippen LogP contribution in [0.3, 0.4) is 0 Å². The van der Waals surface area contributed by atoms with Crippen LogP contribution < -0.4 is 0 Å². The van der Waals surface area contributed by atoms with Crippen molar-refractivity contribution >= 4 is 5.78 Å². The summed E-state index contributed by atoms with van der Waals surface area (Å²) in [6, 6.07) is 0. The predicted molar refractivity (Wildman–Crippen MR) is 69.4 cm³/mol. The summed E-state index contributed by atoms with van der Waals surface area (Å²) in [6.07, 6.45) is 15.3. The van der Waals surface area contributed by atoms with Gasteiger partial charge in [0.25, 0.3) is 0 Å². The van der Waals surface area contributed by atoms with Crippen LogP contribution in [0.4, 0.5) is 0 Å². The van der Waals surface area contributed by atoms with Gasteiger partial charge >= 0.3 is 0 Å². The first-order valence-corrected chi connectivity index (χ1v) is 6.79. The van der Waals surface area contributed by atoms with E-state index in [1.54, 1.807) is 0 Å². The lowest BCUT2D eigenvalue weighted by Gasteiger charge is -2.25.